The van der Waals surface area contributed by atoms with Gasteiger partial charge in [0.2, 0.25) is 0 Å². The molecule has 3 N–H and O–H groups in total. The van der Waals surface area contributed by atoms with Gasteiger partial charge in [0.05, 0.1) is 24.5 Å². The minimum atomic E-state index is -0.213. The maximum atomic E-state index is 13.5. The maximum absolute atomic E-state index is 13.5. The summed E-state index contributed by atoms with van der Waals surface area (Å²) in [5, 5.41) is 8.42. The van der Waals surface area contributed by atoms with Crippen molar-refractivity contribution in [3.05, 3.63) is 47.8 Å². The van der Waals surface area contributed by atoms with Crippen LogP contribution in [0.25, 0.3) is 11.1 Å². The van der Waals surface area contributed by atoms with Crippen LogP contribution in [0.15, 0.2) is 41.3 Å². The van der Waals surface area contributed by atoms with Crippen LogP contribution >= 0.6 is 11.8 Å². The molecule has 6 heteroatoms. The van der Waals surface area contributed by atoms with Crippen molar-refractivity contribution in [1.82, 2.24) is 15.1 Å². The molecule has 1 radical (unpaired) electrons. The quantitative estimate of drug-likeness (QED) is 0.792. The van der Waals surface area contributed by atoms with E-state index in [2.05, 4.69) is 31.4 Å². The molecule has 2 aromatic rings. The van der Waals surface area contributed by atoms with Crippen LogP contribution in [0.4, 0.5) is 10.1 Å². The molecule has 0 aliphatic carbocycles. The van der Waals surface area contributed by atoms with E-state index in [1.807, 2.05) is 12.1 Å². The number of hydrogen-bond acceptors (Lipinski definition) is 3. The Labute approximate surface area is 164 Å². The predicted molar refractivity (Wildman–Crippen MR) is 111 cm³/mol. The van der Waals surface area contributed by atoms with E-state index in [0.717, 1.165) is 43.7 Å². The van der Waals surface area contributed by atoms with Crippen molar-refractivity contribution < 1.29 is 4.39 Å². The molecule has 2 aliphatic heterocycles. The van der Waals surface area contributed by atoms with Gasteiger partial charge in [0.25, 0.3) is 0 Å². The molecule has 1 fully saturated rings. The van der Waals surface area contributed by atoms with Crippen LogP contribution in [-0.2, 0) is 0 Å². The molecule has 0 saturated carbocycles. The first-order chi connectivity index (χ1) is 13.0. The first-order valence-corrected chi connectivity index (χ1v) is 10.5. The monoisotopic (exact) mass is 386 g/mol. The lowest BCUT2D eigenvalue weighted by molar-refractivity contribution is 0.312. The molecule has 3 atom stereocenters. The van der Waals surface area contributed by atoms with Gasteiger partial charge in [0.15, 0.2) is 11.2 Å². The fourth-order valence-electron chi connectivity index (χ4n) is 4.30. The molecule has 2 aromatic carbocycles. The van der Waals surface area contributed by atoms with Crippen molar-refractivity contribution >= 4 is 17.4 Å². The summed E-state index contributed by atoms with van der Waals surface area (Å²) in [5.41, 5.74) is 11.3. The third-order valence-electron chi connectivity index (χ3n) is 5.65. The highest BCUT2D eigenvalue weighted by atomic mass is 32.2. The van der Waals surface area contributed by atoms with E-state index in [-0.39, 0.29) is 17.4 Å². The van der Waals surface area contributed by atoms with E-state index in [4.69, 9.17) is 11.1 Å². The molecule has 27 heavy (non-hydrogen) atoms. The summed E-state index contributed by atoms with van der Waals surface area (Å²) in [6.07, 6.45) is 1.06. The molecule has 1 saturated heterocycles. The van der Waals surface area contributed by atoms with E-state index < -0.39 is 0 Å². The van der Waals surface area contributed by atoms with Crippen LogP contribution in [0, 0.1) is 5.82 Å². The van der Waals surface area contributed by atoms with Crippen molar-refractivity contribution in [2.24, 2.45) is 5.73 Å². The first-order valence-electron chi connectivity index (χ1n) is 9.63. The Morgan fingerprint density at radius 2 is 2.04 bits per heavy atom. The molecule has 3 unspecified atom stereocenters. The largest absolute Gasteiger partial charge is 0.313 e. The van der Waals surface area contributed by atoms with Gasteiger partial charge in [0, 0.05) is 25.2 Å². The summed E-state index contributed by atoms with van der Waals surface area (Å²) in [7, 11) is 2.24. The van der Waals surface area contributed by atoms with Gasteiger partial charge in [-0.1, -0.05) is 25.1 Å². The van der Waals surface area contributed by atoms with Crippen LogP contribution in [0.5, 0.6) is 0 Å². The third kappa shape index (κ3) is 3.30. The third-order valence-corrected chi connectivity index (χ3v) is 6.94. The molecule has 4 nitrogen and oxygen atoms in total. The topological polar surface area (TPSA) is 52.2 Å². The molecule has 2 heterocycles. The first kappa shape index (κ1) is 18.9. The summed E-state index contributed by atoms with van der Waals surface area (Å²) in [6.45, 7) is 5.76. The smallest absolute Gasteiger partial charge is 0.198 e. The van der Waals surface area contributed by atoms with Gasteiger partial charge >= 0.3 is 0 Å². The number of piperazine rings is 1. The van der Waals surface area contributed by atoms with Crippen LogP contribution in [-0.4, -0.2) is 38.7 Å². The van der Waals surface area contributed by atoms with E-state index in [1.54, 1.807) is 11.8 Å². The van der Waals surface area contributed by atoms with Crippen LogP contribution in [0.1, 0.15) is 24.9 Å². The molecular weight excluding hydrogens is 359 g/mol. The van der Waals surface area contributed by atoms with Gasteiger partial charge in [-0.05, 0) is 47.5 Å². The van der Waals surface area contributed by atoms with Crippen molar-refractivity contribution in [1.29, 1.82) is 0 Å². The normalized spacial score (nSPS) is 27.6. The summed E-state index contributed by atoms with van der Waals surface area (Å²) < 4.78 is 14.2. The summed E-state index contributed by atoms with van der Waals surface area (Å²) >= 11 is 1.75. The minimum Gasteiger partial charge on any atom is -0.313 e. The van der Waals surface area contributed by atoms with Crippen molar-refractivity contribution in [3.8, 4) is 11.1 Å². The average Bonchev–Trinajstić information content (AvgIpc) is 2.93. The molecule has 0 bridgehead atoms. The Balaban J connectivity index is 1.93. The zero-order chi connectivity index (χ0) is 19.0. The van der Waals surface area contributed by atoms with Crippen LogP contribution < -0.4 is 20.9 Å². The molecule has 143 valence electrons. The van der Waals surface area contributed by atoms with Gasteiger partial charge in [0.1, 0.15) is 5.82 Å². The van der Waals surface area contributed by atoms with Crippen LogP contribution in [0.2, 0.25) is 0 Å². The zero-order valence-electron chi connectivity index (χ0n) is 15.9. The van der Waals surface area contributed by atoms with E-state index >= 15 is 0 Å². The Bertz CT molecular complexity index is 820. The molecule has 4 rings (SSSR count). The number of nitrogens with one attached hydrogen (secondary N) is 1. The van der Waals surface area contributed by atoms with Crippen molar-refractivity contribution in [2.45, 2.75) is 29.8 Å². The number of halogens is 1. The van der Waals surface area contributed by atoms with Gasteiger partial charge in [-0.25, -0.2) is 9.71 Å². The number of nitrogens with zero attached hydrogens (tertiary/aromatic N) is 2. The number of benzene rings is 2. The number of quaternary nitrogens is 1. The van der Waals surface area contributed by atoms with Gasteiger partial charge in [-0.15, -0.1) is 0 Å². The number of thioether (sulfide) groups is 1. The highest BCUT2D eigenvalue weighted by molar-refractivity contribution is 8.00. The fourth-order valence-corrected chi connectivity index (χ4v) is 5.58. The van der Waals surface area contributed by atoms with Crippen molar-refractivity contribution in [3.63, 3.8) is 0 Å². The predicted octanol–water partition coefficient (Wildman–Crippen LogP) is 3.44. The fraction of sp³-hybridized carbons (Fsp3) is 0.429. The standard InChI is InChI=1S/C21H27FN4S/c1-3-12-26(2)20-18(27-21(26)23)9-8-16(14-4-6-15(22)7-5-14)19(20)17-13-24-10-11-25-17/h4-9,17,21,24H,3,10-13,23H2,1-2H3/q+1. The molecule has 0 aromatic heterocycles. The Morgan fingerprint density at radius 1 is 1.26 bits per heavy atom. The minimum absolute atomic E-state index is 0.0151. The second-order valence-corrected chi connectivity index (χ2v) is 8.66. The summed E-state index contributed by atoms with van der Waals surface area (Å²) in [6, 6.07) is 11.2. The second-order valence-electron chi connectivity index (χ2n) is 7.51. The van der Waals surface area contributed by atoms with Crippen LogP contribution in [0.3, 0.4) is 0 Å². The molecule has 0 amide bonds. The van der Waals surface area contributed by atoms with Gasteiger partial charge in [-0.3, -0.25) is 10.2 Å². The Hall–Kier alpha value is -1.44. The highest BCUT2D eigenvalue weighted by Gasteiger charge is 2.45. The Kier molecular flexibility index (Phi) is 5.27. The zero-order valence-corrected chi connectivity index (χ0v) is 16.7. The number of rotatable bonds is 4. The summed E-state index contributed by atoms with van der Waals surface area (Å²) in [5.74, 6) is -0.213. The lowest BCUT2D eigenvalue weighted by Crippen LogP contribution is -2.55. The lowest BCUT2D eigenvalue weighted by atomic mass is 9.91. The molecule has 0 spiro atoms. The SMILES string of the molecule is CCC[N+]1(C)c2c(ccc(-c3ccc(F)cc3)c2C2CNCC[N]2)SC1N. The van der Waals surface area contributed by atoms with Gasteiger partial charge < -0.3 is 5.32 Å². The van der Waals surface area contributed by atoms with Crippen molar-refractivity contribution in [2.75, 3.05) is 33.2 Å². The number of nitrogens with two attached hydrogens (primary N) is 1. The van der Waals surface area contributed by atoms with E-state index in [1.165, 1.54) is 28.3 Å². The average molecular weight is 387 g/mol. The second kappa shape index (κ2) is 7.53. The van der Waals surface area contributed by atoms with E-state index in [9.17, 15) is 4.39 Å². The molecule has 2 aliphatic rings. The number of fused-ring (bicyclic) bond motifs is 1. The number of hydrogen-bond donors (Lipinski definition) is 2. The Morgan fingerprint density at radius 3 is 2.70 bits per heavy atom. The van der Waals surface area contributed by atoms with Gasteiger partial charge in [-0.2, -0.15) is 0 Å². The highest BCUT2D eigenvalue weighted by Crippen LogP contribution is 2.52. The molecular formula is C21H27FN4S+. The summed E-state index contributed by atoms with van der Waals surface area (Å²) in [4.78, 5) is 1.25. The van der Waals surface area contributed by atoms with E-state index in [0.29, 0.717) is 4.48 Å². The maximum Gasteiger partial charge on any atom is 0.198 e. The lowest BCUT2D eigenvalue weighted by Gasteiger charge is -2.36.